The molecular weight excluding hydrogens is 583 g/mol. The van der Waals surface area contributed by atoms with Gasteiger partial charge in [-0.2, -0.15) is 10.1 Å². The van der Waals surface area contributed by atoms with Crippen molar-refractivity contribution in [1.82, 2.24) is 0 Å². The SMILES string of the molecule is COc1cc(/C=C2/C(=O)N(c3ccccc3)N=C2C)cc(I)c1OCc1ccc(Br)cc1. The summed E-state index contributed by atoms with van der Waals surface area (Å²) < 4.78 is 13.6. The van der Waals surface area contributed by atoms with Crippen LogP contribution in [0.25, 0.3) is 6.08 Å². The molecule has 0 saturated carbocycles. The van der Waals surface area contributed by atoms with Gasteiger partial charge in [0.2, 0.25) is 0 Å². The minimum atomic E-state index is -0.154. The van der Waals surface area contributed by atoms with Crippen molar-refractivity contribution in [2.75, 3.05) is 12.1 Å². The maximum atomic E-state index is 13.0. The number of halogens is 2. The molecule has 0 bridgehead atoms. The van der Waals surface area contributed by atoms with E-state index in [0.29, 0.717) is 29.4 Å². The molecule has 0 radical (unpaired) electrons. The lowest BCUT2D eigenvalue weighted by molar-refractivity contribution is -0.114. The number of hydrogen-bond donors (Lipinski definition) is 0. The van der Waals surface area contributed by atoms with Crippen LogP contribution in [0.4, 0.5) is 5.69 Å². The third kappa shape index (κ3) is 4.88. The third-order valence-electron chi connectivity index (χ3n) is 4.92. The van der Waals surface area contributed by atoms with E-state index in [1.54, 1.807) is 7.11 Å². The van der Waals surface area contributed by atoms with Crippen LogP contribution in [0.5, 0.6) is 11.5 Å². The highest BCUT2D eigenvalue weighted by atomic mass is 127. The van der Waals surface area contributed by atoms with E-state index in [1.165, 1.54) is 5.01 Å². The molecule has 7 heteroatoms. The summed E-state index contributed by atoms with van der Waals surface area (Å²) >= 11 is 5.67. The summed E-state index contributed by atoms with van der Waals surface area (Å²) in [6.07, 6.45) is 1.84. The van der Waals surface area contributed by atoms with E-state index in [1.807, 2.05) is 79.7 Å². The molecule has 0 unspecified atom stereocenters. The zero-order valence-electron chi connectivity index (χ0n) is 17.5. The molecule has 0 atom stereocenters. The van der Waals surface area contributed by atoms with E-state index in [2.05, 4.69) is 43.6 Å². The van der Waals surface area contributed by atoms with Crippen molar-refractivity contribution in [2.45, 2.75) is 13.5 Å². The third-order valence-corrected chi connectivity index (χ3v) is 6.25. The summed E-state index contributed by atoms with van der Waals surface area (Å²) in [5.74, 6) is 1.13. The normalized spacial score (nSPS) is 14.6. The highest BCUT2D eigenvalue weighted by Crippen LogP contribution is 2.36. The standard InChI is InChI=1S/C25H20BrIN2O3/c1-16-21(25(30)29(28-16)20-6-4-3-5-7-20)12-18-13-22(27)24(23(14-18)31-2)32-15-17-8-10-19(26)11-9-17/h3-14H,15H2,1-2H3/b21-12+. The highest BCUT2D eigenvalue weighted by molar-refractivity contribution is 14.1. The van der Waals surface area contributed by atoms with Gasteiger partial charge in [0.15, 0.2) is 11.5 Å². The van der Waals surface area contributed by atoms with Gasteiger partial charge in [-0.25, -0.2) is 0 Å². The lowest BCUT2D eigenvalue weighted by Crippen LogP contribution is -2.21. The Morgan fingerprint density at radius 3 is 2.50 bits per heavy atom. The molecule has 0 aliphatic carbocycles. The predicted octanol–water partition coefficient (Wildman–Crippen LogP) is 6.45. The van der Waals surface area contributed by atoms with Crippen molar-refractivity contribution in [3.8, 4) is 11.5 Å². The Kier molecular flexibility index (Phi) is 6.95. The Balaban J connectivity index is 1.59. The first-order valence-corrected chi connectivity index (χ1v) is 11.7. The second-order valence-electron chi connectivity index (χ2n) is 7.15. The first-order valence-electron chi connectivity index (χ1n) is 9.88. The predicted molar refractivity (Wildman–Crippen MR) is 139 cm³/mol. The van der Waals surface area contributed by atoms with Crippen LogP contribution >= 0.6 is 38.5 Å². The number of carbonyl (C=O) groups excluding carboxylic acids is 1. The van der Waals surface area contributed by atoms with E-state index >= 15 is 0 Å². The quantitative estimate of drug-likeness (QED) is 0.241. The molecule has 3 aromatic rings. The molecule has 0 spiro atoms. The maximum absolute atomic E-state index is 13.0. The van der Waals surface area contributed by atoms with Crippen molar-refractivity contribution in [3.05, 3.63) is 91.5 Å². The molecule has 5 nitrogen and oxygen atoms in total. The summed E-state index contributed by atoms with van der Waals surface area (Å²) in [7, 11) is 1.61. The number of hydrogen-bond acceptors (Lipinski definition) is 4. The van der Waals surface area contributed by atoms with Gasteiger partial charge in [-0.15, -0.1) is 0 Å². The smallest absolute Gasteiger partial charge is 0.280 e. The van der Waals surface area contributed by atoms with Gasteiger partial charge in [-0.3, -0.25) is 4.79 Å². The number of carbonyl (C=O) groups is 1. The molecule has 0 N–H and O–H groups in total. The Morgan fingerprint density at radius 2 is 1.81 bits per heavy atom. The molecule has 0 aromatic heterocycles. The van der Waals surface area contributed by atoms with Gasteiger partial charge in [-0.05, 0) is 83.1 Å². The van der Waals surface area contributed by atoms with Crippen LogP contribution in [0.1, 0.15) is 18.1 Å². The van der Waals surface area contributed by atoms with Crippen LogP contribution in [0, 0.1) is 3.57 Å². The van der Waals surface area contributed by atoms with E-state index in [9.17, 15) is 4.79 Å². The molecule has 3 aromatic carbocycles. The van der Waals surface area contributed by atoms with Gasteiger partial charge in [0.05, 0.1) is 27.7 Å². The van der Waals surface area contributed by atoms with Crippen LogP contribution < -0.4 is 14.5 Å². The second-order valence-corrected chi connectivity index (χ2v) is 9.22. The molecule has 0 fully saturated rings. The summed E-state index contributed by atoms with van der Waals surface area (Å²) in [4.78, 5) is 13.0. The molecule has 1 aliphatic heterocycles. The number of nitrogens with zero attached hydrogens (tertiary/aromatic N) is 2. The van der Waals surface area contributed by atoms with Crippen molar-refractivity contribution in [1.29, 1.82) is 0 Å². The molecule has 1 amide bonds. The minimum absolute atomic E-state index is 0.154. The topological polar surface area (TPSA) is 51.1 Å². The molecule has 1 aliphatic rings. The molecule has 4 rings (SSSR count). The van der Waals surface area contributed by atoms with Gasteiger partial charge in [0.1, 0.15) is 6.61 Å². The van der Waals surface area contributed by atoms with Crippen LogP contribution in [0.2, 0.25) is 0 Å². The number of benzene rings is 3. The van der Waals surface area contributed by atoms with E-state index in [-0.39, 0.29) is 5.91 Å². The molecule has 32 heavy (non-hydrogen) atoms. The monoisotopic (exact) mass is 602 g/mol. The van der Waals surface area contributed by atoms with Crippen molar-refractivity contribution >= 4 is 61.9 Å². The molecule has 1 heterocycles. The first kappa shape index (κ1) is 22.5. The van der Waals surface area contributed by atoms with Crippen LogP contribution in [-0.2, 0) is 11.4 Å². The number of hydrazone groups is 1. The number of methoxy groups -OCH3 is 1. The van der Waals surface area contributed by atoms with Gasteiger partial charge < -0.3 is 9.47 Å². The van der Waals surface area contributed by atoms with Crippen LogP contribution in [0.15, 0.2) is 81.9 Å². The average Bonchev–Trinajstić information content (AvgIpc) is 3.08. The van der Waals surface area contributed by atoms with Crippen LogP contribution in [0.3, 0.4) is 0 Å². The Bertz CT molecular complexity index is 1210. The number of ether oxygens (including phenoxy) is 2. The van der Waals surface area contributed by atoms with Gasteiger partial charge in [0.25, 0.3) is 5.91 Å². The first-order chi connectivity index (χ1) is 15.5. The fourth-order valence-corrected chi connectivity index (χ4v) is 4.34. The average molecular weight is 603 g/mol. The van der Waals surface area contributed by atoms with Crippen molar-refractivity contribution < 1.29 is 14.3 Å². The largest absolute Gasteiger partial charge is 0.493 e. The van der Waals surface area contributed by atoms with E-state index in [4.69, 9.17) is 9.47 Å². The van der Waals surface area contributed by atoms with Crippen molar-refractivity contribution in [2.24, 2.45) is 5.10 Å². The summed E-state index contributed by atoms with van der Waals surface area (Å²) in [5, 5.41) is 5.87. The summed E-state index contributed by atoms with van der Waals surface area (Å²) in [6.45, 7) is 2.26. The number of para-hydroxylation sites is 1. The minimum Gasteiger partial charge on any atom is -0.493 e. The zero-order chi connectivity index (χ0) is 22.7. The Morgan fingerprint density at radius 1 is 1.09 bits per heavy atom. The van der Waals surface area contributed by atoms with Crippen molar-refractivity contribution in [3.63, 3.8) is 0 Å². The van der Waals surface area contributed by atoms with Crippen LogP contribution in [-0.4, -0.2) is 18.7 Å². The van der Waals surface area contributed by atoms with E-state index < -0.39 is 0 Å². The molecule has 162 valence electrons. The van der Waals surface area contributed by atoms with E-state index in [0.717, 1.165) is 24.9 Å². The highest BCUT2D eigenvalue weighted by Gasteiger charge is 2.28. The van der Waals surface area contributed by atoms with Gasteiger partial charge in [0, 0.05) is 4.47 Å². The zero-order valence-corrected chi connectivity index (χ0v) is 21.3. The lowest BCUT2D eigenvalue weighted by atomic mass is 10.1. The second kappa shape index (κ2) is 9.87. The number of amides is 1. The van der Waals surface area contributed by atoms with Gasteiger partial charge >= 0.3 is 0 Å². The summed E-state index contributed by atoms with van der Waals surface area (Å²) in [5.41, 5.74) is 3.86. The Hall–Kier alpha value is -2.65. The lowest BCUT2D eigenvalue weighted by Gasteiger charge is -2.14. The van der Waals surface area contributed by atoms with Gasteiger partial charge in [-0.1, -0.05) is 46.3 Å². The number of anilines is 1. The Labute approximate surface area is 209 Å². The molecular formula is C25H20BrIN2O3. The molecule has 0 saturated heterocycles. The fraction of sp³-hybridized carbons (Fsp3) is 0.120. The number of rotatable bonds is 6. The summed E-state index contributed by atoms with van der Waals surface area (Å²) in [6, 6.07) is 21.2. The maximum Gasteiger partial charge on any atom is 0.280 e. The fourth-order valence-electron chi connectivity index (χ4n) is 3.29.